The van der Waals surface area contributed by atoms with Crippen molar-refractivity contribution in [3.05, 3.63) is 121 Å². The Kier molecular flexibility index (Phi) is 5.30. The van der Waals surface area contributed by atoms with Gasteiger partial charge in [-0.15, -0.1) is 0 Å². The van der Waals surface area contributed by atoms with Crippen LogP contribution < -0.4 is 0 Å². The van der Waals surface area contributed by atoms with Crippen LogP contribution in [0, 0.1) is 0 Å². The Bertz CT molecular complexity index is 1230. The van der Waals surface area contributed by atoms with E-state index in [1.807, 2.05) is 36.7 Å². The van der Waals surface area contributed by atoms with Crippen molar-refractivity contribution < 1.29 is 0 Å². The molecule has 5 aromatic rings. The number of hydrogen-bond acceptors (Lipinski definition) is 2. The molecule has 0 aliphatic heterocycles. The van der Waals surface area contributed by atoms with Crippen molar-refractivity contribution in [1.29, 1.82) is 0 Å². The predicted molar refractivity (Wildman–Crippen MR) is 129 cm³/mol. The predicted octanol–water partition coefficient (Wildman–Crippen LogP) is 7.80. The van der Waals surface area contributed by atoms with Gasteiger partial charge in [0, 0.05) is 40.9 Å². The second-order valence-electron chi connectivity index (χ2n) is 7.37. The Morgan fingerprint density at radius 2 is 0.806 bits per heavy atom. The summed E-state index contributed by atoms with van der Waals surface area (Å²) in [5, 5.41) is 0.714. The fourth-order valence-electron chi connectivity index (χ4n) is 3.75. The van der Waals surface area contributed by atoms with Gasteiger partial charge in [-0.2, -0.15) is 0 Å². The maximum atomic E-state index is 6.54. The number of nitrogens with zero attached hydrogens (tertiary/aromatic N) is 2. The van der Waals surface area contributed by atoms with Crippen molar-refractivity contribution in [3.63, 3.8) is 0 Å². The summed E-state index contributed by atoms with van der Waals surface area (Å²) < 4.78 is 0. The third-order valence-electron chi connectivity index (χ3n) is 5.28. The molecule has 0 bridgehead atoms. The highest BCUT2D eigenvalue weighted by Gasteiger charge is 2.08. The minimum atomic E-state index is 0.714. The first-order valence-electron chi connectivity index (χ1n) is 10.1. The van der Waals surface area contributed by atoms with Gasteiger partial charge >= 0.3 is 0 Å². The summed E-state index contributed by atoms with van der Waals surface area (Å²) in [7, 11) is 0. The average Bonchev–Trinajstić information content (AvgIpc) is 2.85. The highest BCUT2D eigenvalue weighted by atomic mass is 35.5. The van der Waals surface area contributed by atoms with E-state index in [0.29, 0.717) is 5.02 Å². The van der Waals surface area contributed by atoms with E-state index in [-0.39, 0.29) is 0 Å². The van der Waals surface area contributed by atoms with E-state index >= 15 is 0 Å². The third-order valence-corrected chi connectivity index (χ3v) is 5.50. The monoisotopic (exact) mass is 418 g/mol. The molecule has 0 unspecified atom stereocenters. The number of halogens is 1. The van der Waals surface area contributed by atoms with Crippen molar-refractivity contribution in [2.75, 3.05) is 0 Å². The first-order valence-corrected chi connectivity index (χ1v) is 10.5. The zero-order valence-electron chi connectivity index (χ0n) is 16.7. The molecule has 0 N–H and O–H groups in total. The van der Waals surface area contributed by atoms with Gasteiger partial charge in [-0.05, 0) is 75.8 Å². The standard InChI is InChI=1S/C28H19ClN2/c29-28-16-26(22-7-1-5-20(13-22)24-9-3-11-30-18-24)15-27(17-28)23-8-2-6-21(14-23)25-10-4-12-31-19-25/h1-19H. The molecule has 31 heavy (non-hydrogen) atoms. The number of aromatic nitrogens is 2. The average molecular weight is 419 g/mol. The van der Waals surface area contributed by atoms with Crippen LogP contribution in [0.15, 0.2) is 116 Å². The lowest BCUT2D eigenvalue weighted by molar-refractivity contribution is 1.33. The molecule has 3 heteroatoms. The van der Waals surface area contributed by atoms with Crippen molar-refractivity contribution in [2.24, 2.45) is 0 Å². The van der Waals surface area contributed by atoms with Crippen LogP contribution in [0.25, 0.3) is 44.5 Å². The van der Waals surface area contributed by atoms with Gasteiger partial charge in [-0.1, -0.05) is 60.1 Å². The summed E-state index contributed by atoms with van der Waals surface area (Å²) in [6.07, 6.45) is 7.34. The summed E-state index contributed by atoms with van der Waals surface area (Å²) in [5.74, 6) is 0. The molecule has 0 radical (unpaired) electrons. The van der Waals surface area contributed by atoms with Crippen LogP contribution in [0.3, 0.4) is 0 Å². The van der Waals surface area contributed by atoms with Gasteiger partial charge in [0.1, 0.15) is 0 Å². The highest BCUT2D eigenvalue weighted by Crippen LogP contribution is 2.33. The molecule has 5 rings (SSSR count). The zero-order chi connectivity index (χ0) is 21.0. The van der Waals surface area contributed by atoms with Crippen LogP contribution in [0.1, 0.15) is 0 Å². The minimum absolute atomic E-state index is 0.714. The molecule has 0 fully saturated rings. The van der Waals surface area contributed by atoms with Crippen LogP contribution in [0.2, 0.25) is 5.02 Å². The largest absolute Gasteiger partial charge is 0.264 e. The van der Waals surface area contributed by atoms with Crippen LogP contribution in [-0.2, 0) is 0 Å². The molecular weight excluding hydrogens is 400 g/mol. The second kappa shape index (κ2) is 8.55. The molecule has 0 aliphatic rings. The normalized spacial score (nSPS) is 10.7. The van der Waals surface area contributed by atoms with Crippen LogP contribution in [-0.4, -0.2) is 9.97 Å². The summed E-state index contributed by atoms with van der Waals surface area (Å²) >= 11 is 6.54. The van der Waals surface area contributed by atoms with Gasteiger partial charge in [0.15, 0.2) is 0 Å². The lowest BCUT2D eigenvalue weighted by Crippen LogP contribution is -1.86. The summed E-state index contributed by atoms with van der Waals surface area (Å²) in [4.78, 5) is 8.48. The quantitative estimate of drug-likeness (QED) is 0.297. The van der Waals surface area contributed by atoms with Gasteiger partial charge < -0.3 is 0 Å². The number of rotatable bonds is 4. The van der Waals surface area contributed by atoms with Crippen LogP contribution in [0.5, 0.6) is 0 Å². The van der Waals surface area contributed by atoms with Crippen molar-refractivity contribution in [3.8, 4) is 44.5 Å². The third kappa shape index (κ3) is 4.25. The molecule has 2 heterocycles. The minimum Gasteiger partial charge on any atom is -0.264 e. The van der Waals surface area contributed by atoms with Crippen LogP contribution >= 0.6 is 11.6 Å². The van der Waals surface area contributed by atoms with Crippen molar-refractivity contribution >= 4 is 11.6 Å². The molecule has 0 amide bonds. The Balaban J connectivity index is 1.56. The van der Waals surface area contributed by atoms with Gasteiger partial charge in [0.2, 0.25) is 0 Å². The smallest absolute Gasteiger partial charge is 0.0418 e. The lowest BCUT2D eigenvalue weighted by atomic mass is 9.95. The van der Waals surface area contributed by atoms with E-state index < -0.39 is 0 Å². The number of benzene rings is 3. The molecule has 0 spiro atoms. The summed E-state index contributed by atoms with van der Waals surface area (Å²) in [6, 6.07) is 31.2. The zero-order valence-corrected chi connectivity index (χ0v) is 17.5. The summed E-state index contributed by atoms with van der Waals surface area (Å²) in [6.45, 7) is 0. The van der Waals surface area contributed by atoms with E-state index in [1.165, 1.54) is 0 Å². The maximum Gasteiger partial charge on any atom is 0.0418 e. The number of pyridine rings is 2. The second-order valence-corrected chi connectivity index (χ2v) is 7.81. The fourth-order valence-corrected chi connectivity index (χ4v) is 3.98. The maximum absolute atomic E-state index is 6.54. The molecule has 148 valence electrons. The van der Waals surface area contributed by atoms with Crippen molar-refractivity contribution in [1.82, 2.24) is 9.97 Å². The van der Waals surface area contributed by atoms with Gasteiger partial charge in [-0.3, -0.25) is 9.97 Å². The first-order chi connectivity index (χ1) is 15.3. The molecule has 3 aromatic carbocycles. The number of hydrogen-bond donors (Lipinski definition) is 0. The molecule has 0 aliphatic carbocycles. The molecular formula is C28H19ClN2. The van der Waals surface area contributed by atoms with Crippen molar-refractivity contribution in [2.45, 2.75) is 0 Å². The van der Waals surface area contributed by atoms with E-state index in [4.69, 9.17) is 11.6 Å². The Morgan fingerprint density at radius 1 is 0.419 bits per heavy atom. The van der Waals surface area contributed by atoms with Gasteiger partial charge in [0.05, 0.1) is 0 Å². The lowest BCUT2D eigenvalue weighted by Gasteiger charge is -2.11. The van der Waals surface area contributed by atoms with E-state index in [1.54, 1.807) is 12.4 Å². The highest BCUT2D eigenvalue weighted by molar-refractivity contribution is 6.31. The topological polar surface area (TPSA) is 25.8 Å². The first kappa shape index (κ1) is 19.2. The fraction of sp³-hybridized carbons (Fsp3) is 0. The molecule has 0 saturated heterocycles. The van der Waals surface area contributed by atoms with E-state index in [9.17, 15) is 0 Å². The van der Waals surface area contributed by atoms with Gasteiger partial charge in [-0.25, -0.2) is 0 Å². The Labute approximate surface area is 186 Å². The molecule has 2 nitrogen and oxygen atoms in total. The molecule has 2 aromatic heterocycles. The van der Waals surface area contributed by atoms with E-state index in [2.05, 4.69) is 76.7 Å². The van der Waals surface area contributed by atoms with Gasteiger partial charge in [0.25, 0.3) is 0 Å². The van der Waals surface area contributed by atoms with E-state index in [0.717, 1.165) is 44.5 Å². The Morgan fingerprint density at radius 3 is 1.23 bits per heavy atom. The molecule has 0 saturated carbocycles. The SMILES string of the molecule is Clc1cc(-c2cccc(-c3cccnc3)c2)cc(-c2cccc(-c3cccnc3)c2)c1. The summed E-state index contributed by atoms with van der Waals surface area (Å²) in [5.41, 5.74) is 8.85. The Hall–Kier alpha value is -3.75. The van der Waals surface area contributed by atoms with Crippen LogP contribution in [0.4, 0.5) is 0 Å². The molecule has 0 atom stereocenters.